The summed E-state index contributed by atoms with van der Waals surface area (Å²) in [6.07, 6.45) is 0. The maximum absolute atomic E-state index is 5.84. The number of nitrogens with two attached hydrogens (primary N) is 4. The van der Waals surface area contributed by atoms with Gasteiger partial charge < -0.3 is 42.0 Å². The molecule has 0 saturated carbocycles. The van der Waals surface area contributed by atoms with E-state index in [2.05, 4.69) is 85.8 Å². The third kappa shape index (κ3) is 7.37. The predicted octanol–water partition coefficient (Wildman–Crippen LogP) is 11.2. The quantitative estimate of drug-likeness (QED) is 0.0888. The number of nitrogens with one attached hydrogen (secondary N) is 2. The molecule has 66 heavy (non-hydrogen) atoms. The van der Waals surface area contributed by atoms with Crippen molar-refractivity contribution < 1.29 is 0 Å². The summed E-state index contributed by atoms with van der Waals surface area (Å²) < 4.78 is 4.24. The van der Waals surface area contributed by atoms with E-state index < -0.39 is 0 Å². The number of imidazole rings is 4. The summed E-state index contributed by atoms with van der Waals surface area (Å²) in [4.78, 5) is 26.1. The summed E-state index contributed by atoms with van der Waals surface area (Å²) in [5, 5.41) is 0. The van der Waals surface area contributed by atoms with Crippen LogP contribution in [0.5, 0.6) is 0 Å². The molecule has 4 aromatic heterocycles. The van der Waals surface area contributed by atoms with Crippen molar-refractivity contribution in [3.05, 3.63) is 170 Å². The first-order valence-corrected chi connectivity index (χ1v) is 21.5. The maximum atomic E-state index is 5.84. The number of hydrogen-bond acceptors (Lipinski definition) is 8. The fourth-order valence-corrected chi connectivity index (χ4v) is 8.46. The summed E-state index contributed by atoms with van der Waals surface area (Å²) in [5.74, 6) is 3.49. The highest BCUT2D eigenvalue weighted by atomic mass is 15.1. The average molecular weight is 861 g/mol. The molecule has 12 rings (SSSR count). The summed E-state index contributed by atoms with van der Waals surface area (Å²) in [7, 11) is 4.08. The summed E-state index contributed by atoms with van der Waals surface area (Å²) in [5.41, 5.74) is 42.7. The Morgan fingerprint density at radius 1 is 0.318 bits per heavy atom. The average Bonchev–Trinajstić information content (AvgIpc) is 4.13. The van der Waals surface area contributed by atoms with Crippen LogP contribution in [0.25, 0.3) is 112 Å². The van der Waals surface area contributed by atoms with Crippen LogP contribution in [0, 0.1) is 0 Å². The Kier molecular flexibility index (Phi) is 9.54. The summed E-state index contributed by atoms with van der Waals surface area (Å²) in [6.45, 7) is 0. The monoisotopic (exact) mass is 860 g/mol. The molecule has 0 radical (unpaired) electrons. The largest absolute Gasteiger partial charge is 0.399 e. The SMILES string of the molecule is Cn1c(-c2ccc(N)cc2)nc2cc(-c3ccc4nc(-c5ccc(N)cc5)[nH]c4c3)ccc21.Cn1c(-c2ccc(N)cc2)nc2ccc(-c3ccc4nc(-c5ccc(N)cc5)[nH]c4c3)cc21. The maximum Gasteiger partial charge on any atom is 0.140 e. The Morgan fingerprint density at radius 2 is 0.667 bits per heavy atom. The van der Waals surface area contributed by atoms with Crippen molar-refractivity contribution in [1.29, 1.82) is 0 Å². The van der Waals surface area contributed by atoms with Gasteiger partial charge in [0.2, 0.25) is 0 Å². The number of rotatable bonds is 6. The molecule has 10 N–H and O–H groups in total. The van der Waals surface area contributed by atoms with E-state index in [0.29, 0.717) is 0 Å². The van der Waals surface area contributed by atoms with E-state index in [1.165, 1.54) is 0 Å². The molecule has 0 saturated heterocycles. The molecular formula is C54H44N12. The molecule has 0 aliphatic rings. The molecule has 0 unspecified atom stereocenters. The molecule has 12 heteroatoms. The van der Waals surface area contributed by atoms with Crippen molar-refractivity contribution in [3.8, 4) is 67.8 Å². The van der Waals surface area contributed by atoms with Crippen LogP contribution in [-0.4, -0.2) is 39.0 Å². The van der Waals surface area contributed by atoms with Gasteiger partial charge in [0, 0.05) is 59.1 Å². The molecule has 0 aliphatic heterocycles. The zero-order valence-corrected chi connectivity index (χ0v) is 36.2. The second-order valence-corrected chi connectivity index (χ2v) is 16.5. The van der Waals surface area contributed by atoms with E-state index in [4.69, 9.17) is 42.9 Å². The number of hydrogen-bond donors (Lipinski definition) is 6. The normalized spacial score (nSPS) is 11.4. The van der Waals surface area contributed by atoms with Crippen molar-refractivity contribution >= 4 is 66.9 Å². The van der Waals surface area contributed by atoms with Crippen LogP contribution >= 0.6 is 0 Å². The molecule has 0 amide bonds. The Bertz CT molecular complexity index is 3700. The topological polar surface area (TPSA) is 197 Å². The van der Waals surface area contributed by atoms with Crippen LogP contribution in [0.4, 0.5) is 22.7 Å². The van der Waals surface area contributed by atoms with Crippen molar-refractivity contribution in [2.45, 2.75) is 0 Å². The molecule has 0 spiro atoms. The molecule has 0 fully saturated rings. The van der Waals surface area contributed by atoms with E-state index in [1.54, 1.807) is 0 Å². The first-order chi connectivity index (χ1) is 32.1. The molecule has 8 aromatic carbocycles. The van der Waals surface area contributed by atoms with Gasteiger partial charge >= 0.3 is 0 Å². The highest BCUT2D eigenvalue weighted by Crippen LogP contribution is 2.33. The number of aromatic amines is 2. The smallest absolute Gasteiger partial charge is 0.140 e. The Hall–Kier alpha value is -9.16. The van der Waals surface area contributed by atoms with Gasteiger partial charge in [-0.15, -0.1) is 0 Å². The van der Waals surface area contributed by atoms with Crippen molar-refractivity contribution in [2.75, 3.05) is 22.9 Å². The Morgan fingerprint density at radius 3 is 1.14 bits per heavy atom. The lowest BCUT2D eigenvalue weighted by Gasteiger charge is -2.05. The third-order valence-corrected chi connectivity index (χ3v) is 12.1. The summed E-state index contributed by atoms with van der Waals surface area (Å²) >= 11 is 0. The van der Waals surface area contributed by atoms with Crippen LogP contribution in [0.1, 0.15) is 0 Å². The van der Waals surface area contributed by atoms with Crippen LogP contribution in [0.3, 0.4) is 0 Å². The number of H-pyrrole nitrogens is 2. The number of anilines is 4. The minimum atomic E-state index is 0.738. The van der Waals surface area contributed by atoms with E-state index in [9.17, 15) is 0 Å². The van der Waals surface area contributed by atoms with Gasteiger partial charge in [0.15, 0.2) is 0 Å². The van der Waals surface area contributed by atoms with E-state index >= 15 is 0 Å². The molecule has 4 heterocycles. The lowest BCUT2D eigenvalue weighted by atomic mass is 10.0. The van der Waals surface area contributed by atoms with Gasteiger partial charge in [-0.1, -0.05) is 24.3 Å². The minimum absolute atomic E-state index is 0.738. The van der Waals surface area contributed by atoms with Gasteiger partial charge in [-0.2, -0.15) is 0 Å². The van der Waals surface area contributed by atoms with Crippen LogP contribution < -0.4 is 22.9 Å². The van der Waals surface area contributed by atoms with Crippen LogP contribution in [0.15, 0.2) is 170 Å². The zero-order valence-electron chi connectivity index (χ0n) is 36.2. The number of nitrogens with zero attached hydrogens (tertiary/aromatic N) is 6. The third-order valence-electron chi connectivity index (χ3n) is 12.1. The van der Waals surface area contributed by atoms with Crippen molar-refractivity contribution in [3.63, 3.8) is 0 Å². The Balaban J connectivity index is 0.000000146. The first-order valence-electron chi connectivity index (χ1n) is 21.5. The van der Waals surface area contributed by atoms with Gasteiger partial charge in [0.25, 0.3) is 0 Å². The van der Waals surface area contributed by atoms with Crippen molar-refractivity contribution in [2.24, 2.45) is 14.1 Å². The number of aryl methyl sites for hydroxylation is 2. The highest BCUT2D eigenvalue weighted by Gasteiger charge is 2.15. The second kappa shape index (κ2) is 15.9. The van der Waals surface area contributed by atoms with Gasteiger partial charge in [-0.05, 0) is 168 Å². The highest BCUT2D eigenvalue weighted by molar-refractivity contribution is 5.91. The molecular weight excluding hydrogens is 817 g/mol. The molecule has 0 bridgehead atoms. The van der Waals surface area contributed by atoms with E-state index in [0.717, 1.165) is 135 Å². The zero-order chi connectivity index (χ0) is 45.1. The fourth-order valence-electron chi connectivity index (χ4n) is 8.46. The number of fused-ring (bicyclic) bond motifs is 4. The van der Waals surface area contributed by atoms with Gasteiger partial charge in [-0.25, -0.2) is 19.9 Å². The lowest BCUT2D eigenvalue weighted by molar-refractivity contribution is 0.959. The second-order valence-electron chi connectivity index (χ2n) is 16.5. The standard InChI is InChI=1S/2C27H22N6/c1-33-25-13-7-19(15-24(25)32-27(33)17-4-10-21(29)11-5-17)18-6-12-22-23(14-18)31-26(30-22)16-2-8-20(28)9-3-16;1-33-25-15-19(7-13-23(25)32-27(33)17-4-10-21(29)11-5-17)18-6-12-22-24(14-18)31-26(30-22)16-2-8-20(28)9-3-16/h2*2-15H,28-29H2,1H3,(H,30,31). The lowest BCUT2D eigenvalue weighted by Crippen LogP contribution is -1.93. The number of benzene rings is 8. The molecule has 0 atom stereocenters. The van der Waals surface area contributed by atoms with E-state index in [1.807, 2.05) is 117 Å². The predicted molar refractivity (Wildman–Crippen MR) is 271 cm³/mol. The number of aromatic nitrogens is 8. The van der Waals surface area contributed by atoms with Crippen LogP contribution in [-0.2, 0) is 14.1 Å². The van der Waals surface area contributed by atoms with Gasteiger partial charge in [0.05, 0.1) is 44.1 Å². The molecule has 0 aliphatic carbocycles. The molecule has 12 aromatic rings. The summed E-state index contributed by atoms with van der Waals surface area (Å²) in [6, 6.07) is 56.4. The number of nitrogen functional groups attached to an aromatic ring is 4. The van der Waals surface area contributed by atoms with Crippen molar-refractivity contribution in [1.82, 2.24) is 39.0 Å². The van der Waals surface area contributed by atoms with E-state index in [-0.39, 0.29) is 0 Å². The van der Waals surface area contributed by atoms with Gasteiger partial charge in [-0.3, -0.25) is 0 Å². The molecule has 12 nitrogen and oxygen atoms in total. The Labute approximate surface area is 379 Å². The van der Waals surface area contributed by atoms with Gasteiger partial charge in [0.1, 0.15) is 23.3 Å². The molecule has 320 valence electrons. The fraction of sp³-hybridized carbons (Fsp3) is 0.0370. The minimum Gasteiger partial charge on any atom is -0.399 e. The van der Waals surface area contributed by atoms with Crippen LogP contribution in [0.2, 0.25) is 0 Å². The first kappa shape index (κ1) is 39.7.